The number of piperazine rings is 1. The third kappa shape index (κ3) is 7.25. The summed E-state index contributed by atoms with van der Waals surface area (Å²) in [6, 6.07) is 0. The van der Waals surface area contributed by atoms with Gasteiger partial charge < -0.3 is 24.0 Å². The molecule has 1 aliphatic rings. The maximum atomic E-state index is 12.1. The Morgan fingerprint density at radius 2 is 1.80 bits per heavy atom. The van der Waals surface area contributed by atoms with Crippen LogP contribution in [0.5, 0.6) is 0 Å². The Kier molecular flexibility index (Phi) is 10.7. The monoisotopic (exact) mass is 379 g/mol. The van der Waals surface area contributed by atoms with Crippen LogP contribution in [0.25, 0.3) is 0 Å². The molecule has 1 atom stereocenters. The first-order chi connectivity index (χ1) is 12.0. The van der Waals surface area contributed by atoms with Crippen LogP contribution in [-0.4, -0.2) is 106 Å². The van der Waals surface area contributed by atoms with Crippen molar-refractivity contribution in [3.05, 3.63) is 0 Å². The van der Waals surface area contributed by atoms with E-state index in [0.717, 1.165) is 32.4 Å². The Morgan fingerprint density at radius 3 is 2.36 bits per heavy atom. The molecule has 0 aromatic carbocycles. The van der Waals surface area contributed by atoms with Gasteiger partial charge in [-0.1, -0.05) is 0 Å². The van der Waals surface area contributed by atoms with Crippen LogP contribution in [0.15, 0.2) is 0 Å². The summed E-state index contributed by atoms with van der Waals surface area (Å²) in [5.74, 6) is 0. The van der Waals surface area contributed by atoms with E-state index in [4.69, 9.17) is 19.1 Å². The maximum absolute atomic E-state index is 12.1. The molecule has 0 aromatic heterocycles. The fourth-order valence-corrected chi connectivity index (χ4v) is 4.46. The van der Waals surface area contributed by atoms with E-state index in [9.17, 15) is 4.79 Å². The van der Waals surface area contributed by atoms with Crippen LogP contribution < -0.4 is 0 Å². The minimum absolute atomic E-state index is 0.223. The number of carbonyl (C=O) groups is 1. The van der Waals surface area contributed by atoms with Crippen molar-refractivity contribution < 1.29 is 23.9 Å². The Labute approximate surface area is 151 Å². The van der Waals surface area contributed by atoms with Gasteiger partial charge >= 0.3 is 6.09 Å². The summed E-state index contributed by atoms with van der Waals surface area (Å²) in [6.45, 7) is 4.18. The van der Waals surface area contributed by atoms with Gasteiger partial charge in [-0.25, -0.2) is 9.46 Å². The Hall–Kier alpha value is -0.630. The molecule has 1 saturated heterocycles. The first-order valence-electron chi connectivity index (χ1n) is 8.78. The van der Waals surface area contributed by atoms with E-state index < -0.39 is 7.41 Å². The third-order valence-electron chi connectivity index (χ3n) is 4.27. The number of amides is 1. The molecule has 0 aliphatic carbocycles. The molecule has 0 aromatic rings. The van der Waals surface area contributed by atoms with E-state index in [0.29, 0.717) is 26.3 Å². The summed E-state index contributed by atoms with van der Waals surface area (Å²) < 4.78 is 20.6. The zero-order valence-electron chi connectivity index (χ0n) is 15.9. The summed E-state index contributed by atoms with van der Waals surface area (Å²) in [7, 11) is 3.63. The van der Waals surface area contributed by atoms with Crippen LogP contribution in [0, 0.1) is 0 Å². The van der Waals surface area contributed by atoms with Crippen LogP contribution in [-0.2, 0) is 14.0 Å². The molecule has 0 radical (unpaired) electrons. The van der Waals surface area contributed by atoms with Gasteiger partial charge in [-0.3, -0.25) is 4.67 Å². The summed E-state index contributed by atoms with van der Waals surface area (Å²) in [5, 5.41) is 8.68. The standard InChI is InChI=1S/C16H34N3O5P/c1-17(2)25(4,22-3)19-10-8-18(9-11-19)16(21)24-15-14-23-13-7-5-6-12-20/h20H,4-15H2,1-3H3. The van der Waals surface area contributed by atoms with Gasteiger partial charge in [0, 0.05) is 46.5 Å². The topological polar surface area (TPSA) is 74.7 Å². The van der Waals surface area contributed by atoms with Gasteiger partial charge in [0.1, 0.15) is 14.0 Å². The first kappa shape index (κ1) is 22.4. The molecule has 0 saturated carbocycles. The first-order valence-corrected chi connectivity index (χ1v) is 10.6. The van der Waals surface area contributed by atoms with Gasteiger partial charge in [-0.15, -0.1) is 0 Å². The van der Waals surface area contributed by atoms with Gasteiger partial charge in [0.05, 0.1) is 6.61 Å². The molecule has 8 nitrogen and oxygen atoms in total. The summed E-state index contributed by atoms with van der Waals surface area (Å²) >= 11 is 0. The summed E-state index contributed by atoms with van der Waals surface area (Å²) in [4.78, 5) is 13.8. The van der Waals surface area contributed by atoms with Crippen LogP contribution in [0.3, 0.4) is 0 Å². The van der Waals surface area contributed by atoms with Crippen LogP contribution in [0.4, 0.5) is 4.79 Å². The second-order valence-corrected chi connectivity index (χ2v) is 9.21. The van der Waals surface area contributed by atoms with Gasteiger partial charge in [-0.05, 0) is 39.7 Å². The molecule has 148 valence electrons. The number of carbonyl (C=O) groups excluding carboxylic acids is 1. The molecule has 1 heterocycles. The number of aliphatic hydroxyl groups is 1. The third-order valence-corrected chi connectivity index (χ3v) is 7.39. The lowest BCUT2D eigenvalue weighted by Gasteiger charge is -2.43. The predicted molar refractivity (Wildman–Crippen MR) is 101 cm³/mol. The minimum atomic E-state index is -1.99. The van der Waals surface area contributed by atoms with E-state index in [1.165, 1.54) is 0 Å². The number of aliphatic hydroxyl groups excluding tert-OH is 1. The lowest BCUT2D eigenvalue weighted by molar-refractivity contribution is 0.0477. The summed E-state index contributed by atoms with van der Waals surface area (Å²) in [5.41, 5.74) is 0. The average molecular weight is 379 g/mol. The maximum Gasteiger partial charge on any atom is 0.409 e. The molecular weight excluding hydrogens is 345 g/mol. The summed E-state index contributed by atoms with van der Waals surface area (Å²) in [6.07, 6.45) is 6.63. The van der Waals surface area contributed by atoms with Gasteiger partial charge in [-0.2, -0.15) is 0 Å². The van der Waals surface area contributed by atoms with Crippen molar-refractivity contribution in [2.24, 2.45) is 0 Å². The SMILES string of the molecule is C=P(OC)(N(C)C)N1CCN(C(=O)OCCOCCCCCO)CC1. The van der Waals surface area contributed by atoms with Crippen LogP contribution >= 0.6 is 7.41 Å². The fraction of sp³-hybridized carbons (Fsp3) is 0.875. The number of rotatable bonds is 11. The number of hydrogen-bond acceptors (Lipinski definition) is 7. The average Bonchev–Trinajstić information content (AvgIpc) is 2.63. The largest absolute Gasteiger partial charge is 0.447 e. The zero-order chi connectivity index (χ0) is 18.7. The molecule has 0 bridgehead atoms. The molecule has 1 fully saturated rings. The van der Waals surface area contributed by atoms with E-state index in [1.807, 2.05) is 18.8 Å². The molecule has 0 spiro atoms. The van der Waals surface area contributed by atoms with E-state index in [1.54, 1.807) is 12.0 Å². The normalized spacial score (nSPS) is 18.4. The second-order valence-electron chi connectivity index (χ2n) is 6.15. The van der Waals surface area contributed by atoms with Crippen molar-refractivity contribution in [1.82, 2.24) is 14.2 Å². The Morgan fingerprint density at radius 1 is 1.12 bits per heavy atom. The highest BCUT2D eigenvalue weighted by Gasteiger charge is 2.31. The highest BCUT2D eigenvalue weighted by Crippen LogP contribution is 2.51. The second kappa shape index (κ2) is 11.9. The van der Waals surface area contributed by atoms with Crippen molar-refractivity contribution in [1.29, 1.82) is 0 Å². The van der Waals surface area contributed by atoms with E-state index in [2.05, 4.69) is 11.0 Å². The predicted octanol–water partition coefficient (Wildman–Crippen LogP) is 1.32. The molecule has 25 heavy (non-hydrogen) atoms. The van der Waals surface area contributed by atoms with Gasteiger partial charge in [0.2, 0.25) is 0 Å². The molecule has 1 unspecified atom stereocenters. The quantitative estimate of drug-likeness (QED) is 0.429. The number of hydrogen-bond donors (Lipinski definition) is 1. The zero-order valence-corrected chi connectivity index (χ0v) is 16.7. The van der Waals surface area contributed by atoms with Crippen molar-refractivity contribution in [3.63, 3.8) is 0 Å². The molecule has 1 aliphatic heterocycles. The highest BCUT2D eigenvalue weighted by atomic mass is 31.2. The van der Waals surface area contributed by atoms with E-state index >= 15 is 0 Å². The lowest BCUT2D eigenvalue weighted by Crippen LogP contribution is -2.49. The number of unbranched alkanes of at least 4 members (excludes halogenated alkanes) is 2. The fourth-order valence-electron chi connectivity index (χ4n) is 2.60. The highest BCUT2D eigenvalue weighted by molar-refractivity contribution is 7.64. The van der Waals surface area contributed by atoms with Gasteiger partial charge in [0.25, 0.3) is 0 Å². The van der Waals surface area contributed by atoms with Crippen molar-refractivity contribution in [2.45, 2.75) is 19.3 Å². The molecule has 1 rings (SSSR count). The van der Waals surface area contributed by atoms with Crippen LogP contribution in [0.2, 0.25) is 0 Å². The van der Waals surface area contributed by atoms with Gasteiger partial charge in [0.15, 0.2) is 0 Å². The van der Waals surface area contributed by atoms with Crippen molar-refractivity contribution in [2.75, 3.05) is 73.8 Å². The molecular formula is C16H34N3O5P. The van der Waals surface area contributed by atoms with Crippen LogP contribution in [0.1, 0.15) is 19.3 Å². The molecule has 9 heteroatoms. The Balaban J connectivity index is 2.20. The minimum Gasteiger partial charge on any atom is -0.447 e. The van der Waals surface area contributed by atoms with E-state index in [-0.39, 0.29) is 19.3 Å². The molecule has 1 amide bonds. The molecule has 1 N–H and O–H groups in total. The smallest absolute Gasteiger partial charge is 0.409 e. The van der Waals surface area contributed by atoms with Crippen molar-refractivity contribution >= 4 is 19.8 Å². The Bertz CT molecular complexity index is 428. The van der Waals surface area contributed by atoms with Crippen molar-refractivity contribution in [3.8, 4) is 0 Å². The number of nitrogens with zero attached hydrogens (tertiary/aromatic N) is 3. The number of ether oxygens (including phenoxy) is 2. The lowest BCUT2D eigenvalue weighted by atomic mass is 10.2.